The largest absolute Gasteiger partial charge is 0.493 e. The number of hydrogen-bond donors (Lipinski definition) is 2. The van der Waals surface area contributed by atoms with Crippen molar-refractivity contribution in [1.82, 2.24) is 5.32 Å². The molecule has 0 radical (unpaired) electrons. The summed E-state index contributed by atoms with van der Waals surface area (Å²) in [4.78, 5) is 0. The summed E-state index contributed by atoms with van der Waals surface area (Å²) in [5, 5.41) is 3.31. The third-order valence-corrected chi connectivity index (χ3v) is 4.61. The van der Waals surface area contributed by atoms with Gasteiger partial charge in [-0.15, -0.1) is 0 Å². The minimum Gasteiger partial charge on any atom is -0.493 e. The molecule has 1 fully saturated rings. The van der Waals surface area contributed by atoms with Gasteiger partial charge in [-0.3, -0.25) is 0 Å². The Labute approximate surface area is 109 Å². The van der Waals surface area contributed by atoms with Gasteiger partial charge in [0.05, 0.1) is 6.61 Å². The summed E-state index contributed by atoms with van der Waals surface area (Å²) in [5.41, 5.74) is 9.39. The van der Waals surface area contributed by atoms with E-state index in [9.17, 15) is 0 Å². The van der Waals surface area contributed by atoms with Crippen LogP contribution in [0.3, 0.4) is 0 Å². The highest BCUT2D eigenvalue weighted by Crippen LogP contribution is 2.49. The van der Waals surface area contributed by atoms with Crippen LogP contribution in [0, 0.1) is 5.41 Å². The first-order valence-electron chi connectivity index (χ1n) is 6.91. The van der Waals surface area contributed by atoms with Crippen molar-refractivity contribution in [2.45, 2.75) is 31.7 Å². The minimum atomic E-state index is 0.143. The van der Waals surface area contributed by atoms with E-state index in [1.165, 1.54) is 30.4 Å². The lowest BCUT2D eigenvalue weighted by atomic mass is 9.62. The van der Waals surface area contributed by atoms with E-state index in [-0.39, 0.29) is 11.5 Å². The number of rotatable bonds is 4. The molecule has 18 heavy (non-hydrogen) atoms. The van der Waals surface area contributed by atoms with E-state index >= 15 is 0 Å². The maximum Gasteiger partial charge on any atom is 0.122 e. The molecule has 1 aliphatic heterocycles. The van der Waals surface area contributed by atoms with Crippen LogP contribution in [0.5, 0.6) is 5.75 Å². The number of benzene rings is 1. The minimum absolute atomic E-state index is 0.143. The molecule has 1 aromatic rings. The predicted octanol–water partition coefficient (Wildman–Crippen LogP) is 2.01. The summed E-state index contributed by atoms with van der Waals surface area (Å²) in [6, 6.07) is 6.63. The van der Waals surface area contributed by atoms with E-state index in [1.807, 2.05) is 7.05 Å². The van der Waals surface area contributed by atoms with E-state index in [1.54, 1.807) is 0 Å². The zero-order valence-corrected chi connectivity index (χ0v) is 11.0. The van der Waals surface area contributed by atoms with Gasteiger partial charge in [0.2, 0.25) is 0 Å². The van der Waals surface area contributed by atoms with Crippen LogP contribution in [0.25, 0.3) is 0 Å². The highest BCUT2D eigenvalue weighted by molar-refractivity contribution is 5.41. The predicted molar refractivity (Wildman–Crippen MR) is 72.8 cm³/mol. The van der Waals surface area contributed by atoms with Crippen molar-refractivity contribution >= 4 is 0 Å². The molecule has 3 rings (SSSR count). The molecule has 1 aromatic carbocycles. The van der Waals surface area contributed by atoms with E-state index in [2.05, 4.69) is 23.5 Å². The summed E-state index contributed by atoms with van der Waals surface area (Å²) < 4.78 is 5.55. The van der Waals surface area contributed by atoms with E-state index in [0.29, 0.717) is 0 Å². The van der Waals surface area contributed by atoms with Crippen molar-refractivity contribution in [3.05, 3.63) is 29.3 Å². The lowest BCUT2D eigenvalue weighted by Crippen LogP contribution is -2.46. The quantitative estimate of drug-likeness (QED) is 0.854. The molecule has 1 atom stereocenters. The molecule has 3 nitrogen and oxygen atoms in total. The van der Waals surface area contributed by atoms with Crippen molar-refractivity contribution in [2.24, 2.45) is 11.1 Å². The number of fused-ring (bicyclic) bond motifs is 1. The van der Waals surface area contributed by atoms with Crippen molar-refractivity contribution in [3.63, 3.8) is 0 Å². The average Bonchev–Trinajstić information content (AvgIpc) is 2.80. The average molecular weight is 246 g/mol. The molecule has 0 bridgehead atoms. The summed E-state index contributed by atoms with van der Waals surface area (Å²) >= 11 is 0. The van der Waals surface area contributed by atoms with Crippen LogP contribution in [0.4, 0.5) is 0 Å². The molecule has 0 saturated heterocycles. The van der Waals surface area contributed by atoms with Gasteiger partial charge in [0, 0.05) is 24.4 Å². The standard InChI is InChI=1S/C15H22N2O/c1-17-10-15(6-2-7-15)14(16)12-3-4-13-11(9-12)5-8-18-13/h3-4,9,14,17H,2,5-8,10,16H2,1H3. The summed E-state index contributed by atoms with van der Waals surface area (Å²) in [6.07, 6.45) is 4.81. The second kappa shape index (κ2) is 4.56. The molecule has 1 saturated carbocycles. The van der Waals surface area contributed by atoms with Crippen LogP contribution in [-0.2, 0) is 6.42 Å². The Hall–Kier alpha value is -1.06. The molecule has 3 N–H and O–H groups in total. The van der Waals surface area contributed by atoms with Gasteiger partial charge in [-0.25, -0.2) is 0 Å². The zero-order valence-electron chi connectivity index (χ0n) is 11.0. The van der Waals surface area contributed by atoms with Gasteiger partial charge in [-0.1, -0.05) is 18.6 Å². The number of nitrogens with one attached hydrogen (secondary N) is 1. The van der Waals surface area contributed by atoms with Crippen LogP contribution in [-0.4, -0.2) is 20.2 Å². The third kappa shape index (κ3) is 1.82. The van der Waals surface area contributed by atoms with Gasteiger partial charge in [-0.05, 0) is 37.1 Å². The van der Waals surface area contributed by atoms with E-state index < -0.39 is 0 Å². The number of nitrogens with two attached hydrogens (primary N) is 1. The molecule has 0 amide bonds. The van der Waals surface area contributed by atoms with Crippen LogP contribution >= 0.6 is 0 Å². The third-order valence-electron chi connectivity index (χ3n) is 4.61. The lowest BCUT2D eigenvalue weighted by molar-refractivity contribution is 0.0947. The highest BCUT2D eigenvalue weighted by atomic mass is 16.5. The Morgan fingerprint density at radius 1 is 1.44 bits per heavy atom. The molecule has 0 spiro atoms. The van der Waals surface area contributed by atoms with E-state index in [0.717, 1.165) is 25.3 Å². The number of hydrogen-bond acceptors (Lipinski definition) is 3. The van der Waals surface area contributed by atoms with Gasteiger partial charge < -0.3 is 15.8 Å². The van der Waals surface area contributed by atoms with Gasteiger partial charge in [0.25, 0.3) is 0 Å². The topological polar surface area (TPSA) is 47.3 Å². The molecule has 2 aliphatic rings. The van der Waals surface area contributed by atoms with Crippen LogP contribution in [0.15, 0.2) is 18.2 Å². The molecule has 1 unspecified atom stereocenters. The Balaban J connectivity index is 1.85. The zero-order chi connectivity index (χ0) is 12.6. The smallest absolute Gasteiger partial charge is 0.122 e. The molecule has 0 aromatic heterocycles. The van der Waals surface area contributed by atoms with Crippen LogP contribution in [0.1, 0.15) is 36.4 Å². The van der Waals surface area contributed by atoms with Gasteiger partial charge in [-0.2, -0.15) is 0 Å². The fourth-order valence-corrected chi connectivity index (χ4v) is 3.33. The van der Waals surface area contributed by atoms with Crippen molar-refractivity contribution in [1.29, 1.82) is 0 Å². The maximum absolute atomic E-state index is 6.53. The Morgan fingerprint density at radius 3 is 2.94 bits per heavy atom. The fraction of sp³-hybridized carbons (Fsp3) is 0.600. The van der Waals surface area contributed by atoms with Crippen LogP contribution in [0.2, 0.25) is 0 Å². The summed E-state index contributed by atoms with van der Waals surface area (Å²) in [6.45, 7) is 1.83. The second-order valence-electron chi connectivity index (χ2n) is 5.69. The summed E-state index contributed by atoms with van der Waals surface area (Å²) in [7, 11) is 2.02. The maximum atomic E-state index is 6.53. The fourth-order valence-electron chi connectivity index (χ4n) is 3.33. The van der Waals surface area contributed by atoms with Gasteiger partial charge >= 0.3 is 0 Å². The van der Waals surface area contributed by atoms with Crippen LogP contribution < -0.4 is 15.8 Å². The van der Waals surface area contributed by atoms with Crippen molar-refractivity contribution < 1.29 is 4.74 Å². The molecule has 1 aliphatic carbocycles. The molecule has 1 heterocycles. The Bertz CT molecular complexity index is 440. The highest BCUT2D eigenvalue weighted by Gasteiger charge is 2.42. The molecular weight excluding hydrogens is 224 g/mol. The lowest BCUT2D eigenvalue weighted by Gasteiger charge is -2.46. The second-order valence-corrected chi connectivity index (χ2v) is 5.69. The SMILES string of the molecule is CNCC1(C(N)c2ccc3c(c2)CCO3)CCC1. The molecule has 3 heteroatoms. The van der Waals surface area contributed by atoms with Gasteiger partial charge in [0.15, 0.2) is 0 Å². The van der Waals surface area contributed by atoms with Crippen molar-refractivity contribution in [2.75, 3.05) is 20.2 Å². The normalized spacial score (nSPS) is 21.9. The number of ether oxygens (including phenoxy) is 1. The first kappa shape index (κ1) is 12.0. The van der Waals surface area contributed by atoms with E-state index in [4.69, 9.17) is 10.5 Å². The molecule has 98 valence electrons. The van der Waals surface area contributed by atoms with Gasteiger partial charge in [0.1, 0.15) is 5.75 Å². The van der Waals surface area contributed by atoms with Crippen molar-refractivity contribution in [3.8, 4) is 5.75 Å². The summed E-state index contributed by atoms with van der Waals surface area (Å²) in [5.74, 6) is 1.04. The Kier molecular flexibility index (Phi) is 3.04. The first-order chi connectivity index (χ1) is 8.75. The first-order valence-corrected chi connectivity index (χ1v) is 6.91. The Morgan fingerprint density at radius 2 is 2.28 bits per heavy atom. The monoisotopic (exact) mass is 246 g/mol. The molecular formula is C15H22N2O.